The second-order valence-electron chi connectivity index (χ2n) is 5.42. The Morgan fingerprint density at radius 1 is 1.44 bits per heavy atom. The van der Waals surface area contributed by atoms with E-state index < -0.39 is 10.0 Å². The van der Waals surface area contributed by atoms with Gasteiger partial charge in [-0.25, -0.2) is 0 Å². The Morgan fingerprint density at radius 2 is 2.12 bits per heavy atom. The summed E-state index contributed by atoms with van der Waals surface area (Å²) in [6, 6.07) is 0.814. The third-order valence-corrected chi connectivity index (χ3v) is 4.74. The highest BCUT2D eigenvalue weighted by atomic mass is 32.3. The monoisotopic (exact) mass is 241 g/mol. The Bertz CT molecular complexity index is 344. The molecule has 5 heteroatoms. The van der Waals surface area contributed by atoms with Gasteiger partial charge in [-0.15, -0.1) is 0 Å². The molecule has 2 fully saturated rings. The Morgan fingerprint density at radius 3 is 2.62 bits per heavy atom. The second-order valence-corrected chi connectivity index (χ2v) is 9.46. The molecule has 0 saturated carbocycles. The Kier molecular flexibility index (Phi) is 2.79. The molecule has 1 N–H and O–H groups in total. The molecule has 2 heterocycles. The first-order valence-electron chi connectivity index (χ1n) is 5.60. The second kappa shape index (κ2) is 3.85. The molecule has 0 aliphatic carbocycles. The van der Waals surface area contributed by atoms with E-state index in [0.29, 0.717) is 6.04 Å². The summed E-state index contributed by atoms with van der Waals surface area (Å²) in [5.74, 6) is 0. The van der Waals surface area contributed by atoms with Gasteiger partial charge < -0.3 is 10.2 Å². The molecule has 3 unspecified atom stereocenters. The van der Waals surface area contributed by atoms with E-state index in [0.717, 1.165) is 19.3 Å². The molecule has 2 aliphatic rings. The quantitative estimate of drug-likeness (QED) is 0.707. The van der Waals surface area contributed by atoms with Crippen molar-refractivity contribution in [1.82, 2.24) is 10.2 Å². The van der Waals surface area contributed by atoms with Crippen LogP contribution in [0.15, 0.2) is 0 Å². The van der Waals surface area contributed by atoms with E-state index in [1.54, 1.807) is 0 Å². The van der Waals surface area contributed by atoms with Crippen molar-refractivity contribution in [2.75, 3.05) is 18.8 Å². The summed E-state index contributed by atoms with van der Waals surface area (Å²) in [6.45, 7) is 0. The molecule has 0 spiro atoms. The zero-order valence-electron chi connectivity index (χ0n) is 10.1. The van der Waals surface area contributed by atoms with E-state index in [-0.39, 0.29) is 17.3 Å². The predicted molar refractivity (Wildman–Crippen MR) is 66.6 cm³/mol. The Labute approximate surface area is 98.3 Å². The summed E-state index contributed by atoms with van der Waals surface area (Å²) in [7, 11) is -1.18. The lowest BCUT2D eigenvalue weighted by Gasteiger charge is -2.29. The van der Waals surface area contributed by atoms with Gasteiger partial charge in [-0.3, -0.25) is 4.79 Å². The predicted octanol–water partition coefficient (Wildman–Crippen LogP) is 1.48. The molecule has 4 nitrogen and oxygen atoms in total. The minimum absolute atomic E-state index is 0.169. The van der Waals surface area contributed by atoms with Crippen molar-refractivity contribution in [3.8, 4) is 6.19 Å². The largest absolute Gasteiger partial charge is 0.343 e. The van der Waals surface area contributed by atoms with Crippen LogP contribution in [0.5, 0.6) is 0 Å². The molecular formula is C11H19N3OS. The highest BCUT2D eigenvalue weighted by Crippen LogP contribution is 2.40. The van der Waals surface area contributed by atoms with Crippen molar-refractivity contribution in [3.05, 3.63) is 0 Å². The average molecular weight is 241 g/mol. The first kappa shape index (κ1) is 11.6. The SMILES string of the molecule is CS(C)(C)C(=O)NC1CC2CCC1N2C#N. The lowest BCUT2D eigenvalue weighted by atomic mass is 9.96. The van der Waals surface area contributed by atoms with Gasteiger partial charge in [0.1, 0.15) is 0 Å². The summed E-state index contributed by atoms with van der Waals surface area (Å²) < 4.78 is 0. The standard InChI is InChI=1S/C11H19N3OS/c1-16(2,3)11(15)13-9-6-8-4-5-10(9)14(8)7-12/h8-10H,4-6H2,1-3H3,(H,13,15). The van der Waals surface area contributed by atoms with Crippen LogP contribution in [0.4, 0.5) is 4.79 Å². The topological polar surface area (TPSA) is 56.1 Å². The number of nitriles is 1. The van der Waals surface area contributed by atoms with E-state index in [9.17, 15) is 4.79 Å². The maximum absolute atomic E-state index is 11.9. The lowest BCUT2D eigenvalue weighted by Crippen LogP contribution is -2.43. The van der Waals surface area contributed by atoms with Crippen LogP contribution in [0.25, 0.3) is 0 Å². The van der Waals surface area contributed by atoms with E-state index in [2.05, 4.69) is 11.5 Å². The molecule has 2 saturated heterocycles. The minimum atomic E-state index is -1.18. The average Bonchev–Trinajstić information content (AvgIpc) is 2.72. The number of nitrogens with zero attached hydrogens (tertiary/aromatic N) is 2. The fourth-order valence-electron chi connectivity index (χ4n) is 2.63. The normalized spacial score (nSPS) is 33.6. The Hall–Kier alpha value is -0.890. The van der Waals surface area contributed by atoms with Crippen molar-refractivity contribution >= 4 is 15.3 Å². The molecule has 0 radical (unpaired) electrons. The zero-order valence-corrected chi connectivity index (χ0v) is 10.9. The molecule has 2 aliphatic heterocycles. The maximum Gasteiger partial charge on any atom is 0.261 e. The van der Waals surface area contributed by atoms with Crippen LogP contribution < -0.4 is 5.32 Å². The molecule has 0 aromatic heterocycles. The molecule has 2 rings (SSSR count). The van der Waals surface area contributed by atoms with Gasteiger partial charge in [0.05, 0.1) is 12.1 Å². The molecule has 0 aromatic carbocycles. The van der Waals surface area contributed by atoms with Crippen molar-refractivity contribution in [2.45, 2.75) is 37.4 Å². The van der Waals surface area contributed by atoms with Crippen molar-refractivity contribution in [2.24, 2.45) is 0 Å². The summed E-state index contributed by atoms with van der Waals surface area (Å²) in [4.78, 5) is 13.8. The third kappa shape index (κ3) is 1.86. The number of carbonyl (C=O) groups is 1. The maximum atomic E-state index is 11.9. The summed E-state index contributed by atoms with van der Waals surface area (Å²) >= 11 is 0. The molecular weight excluding hydrogens is 222 g/mol. The highest BCUT2D eigenvalue weighted by molar-refractivity contribution is 8.43. The van der Waals surface area contributed by atoms with Gasteiger partial charge in [-0.2, -0.15) is 15.3 Å². The van der Waals surface area contributed by atoms with E-state index in [1.807, 2.05) is 23.7 Å². The smallest absolute Gasteiger partial charge is 0.261 e. The van der Waals surface area contributed by atoms with Gasteiger partial charge >= 0.3 is 0 Å². The first-order chi connectivity index (χ1) is 7.43. The number of carbonyl (C=O) groups excluding carboxylic acids is 1. The van der Waals surface area contributed by atoms with Crippen LogP contribution in [0.1, 0.15) is 19.3 Å². The molecule has 2 bridgehead atoms. The van der Waals surface area contributed by atoms with Gasteiger partial charge in [0.15, 0.2) is 6.19 Å². The van der Waals surface area contributed by atoms with E-state index in [1.165, 1.54) is 0 Å². The van der Waals surface area contributed by atoms with Gasteiger partial charge in [0.25, 0.3) is 5.24 Å². The number of hydrogen-bond donors (Lipinski definition) is 1. The van der Waals surface area contributed by atoms with Gasteiger partial charge in [0, 0.05) is 6.04 Å². The molecule has 3 atom stereocenters. The molecule has 90 valence electrons. The lowest BCUT2D eigenvalue weighted by molar-refractivity contribution is 0.252. The van der Waals surface area contributed by atoms with Crippen LogP contribution in [0.2, 0.25) is 0 Å². The van der Waals surface area contributed by atoms with Crippen LogP contribution in [0.3, 0.4) is 0 Å². The number of amides is 1. The third-order valence-electron chi connectivity index (χ3n) is 3.51. The summed E-state index contributed by atoms with van der Waals surface area (Å²) in [6.07, 6.45) is 11.3. The number of nitrogens with one attached hydrogen (secondary N) is 1. The molecule has 1 amide bonds. The number of rotatable bonds is 1. The fourth-order valence-corrected chi connectivity index (χ4v) is 3.13. The fraction of sp³-hybridized carbons (Fsp3) is 0.818. The summed E-state index contributed by atoms with van der Waals surface area (Å²) in [5, 5.41) is 12.3. The van der Waals surface area contributed by atoms with E-state index >= 15 is 0 Å². The van der Waals surface area contributed by atoms with Gasteiger partial charge in [0.2, 0.25) is 0 Å². The van der Waals surface area contributed by atoms with Crippen molar-refractivity contribution in [3.63, 3.8) is 0 Å². The van der Waals surface area contributed by atoms with Gasteiger partial charge in [-0.1, -0.05) is 0 Å². The van der Waals surface area contributed by atoms with Crippen LogP contribution in [-0.4, -0.2) is 47.0 Å². The summed E-state index contributed by atoms with van der Waals surface area (Å²) in [5.41, 5.74) is 0. The zero-order chi connectivity index (χ0) is 11.9. The number of hydrogen-bond acceptors (Lipinski definition) is 3. The minimum Gasteiger partial charge on any atom is -0.343 e. The molecule has 16 heavy (non-hydrogen) atoms. The Balaban J connectivity index is 2.00. The van der Waals surface area contributed by atoms with Crippen molar-refractivity contribution in [1.29, 1.82) is 5.26 Å². The van der Waals surface area contributed by atoms with Crippen LogP contribution in [-0.2, 0) is 0 Å². The first-order valence-corrected chi connectivity index (χ1v) is 8.46. The van der Waals surface area contributed by atoms with Gasteiger partial charge in [-0.05, 0) is 38.0 Å². The molecule has 0 aromatic rings. The van der Waals surface area contributed by atoms with Crippen molar-refractivity contribution < 1.29 is 4.79 Å². The number of fused-ring (bicyclic) bond motifs is 2. The van der Waals surface area contributed by atoms with Crippen LogP contribution in [0, 0.1) is 11.5 Å². The van der Waals surface area contributed by atoms with Crippen LogP contribution >= 0.6 is 10.0 Å². The highest BCUT2D eigenvalue weighted by Gasteiger charge is 2.46. The van der Waals surface area contributed by atoms with E-state index in [4.69, 9.17) is 5.26 Å².